The summed E-state index contributed by atoms with van der Waals surface area (Å²) in [7, 11) is 0. The van der Waals surface area contributed by atoms with E-state index < -0.39 is 0 Å². The van der Waals surface area contributed by atoms with Crippen LogP contribution in [-0.4, -0.2) is 0 Å². The van der Waals surface area contributed by atoms with Gasteiger partial charge in [-0.1, -0.05) is 62.9 Å². The van der Waals surface area contributed by atoms with Crippen LogP contribution in [0.5, 0.6) is 0 Å². The largest absolute Gasteiger partial charge is 0.0654 e. The van der Waals surface area contributed by atoms with E-state index >= 15 is 0 Å². The molecule has 1 aromatic carbocycles. The summed E-state index contributed by atoms with van der Waals surface area (Å²) < 4.78 is 0. The third-order valence-electron chi connectivity index (χ3n) is 6.89. The topological polar surface area (TPSA) is 0 Å². The molecule has 0 radical (unpaired) electrons. The van der Waals surface area contributed by atoms with Crippen molar-refractivity contribution in [1.82, 2.24) is 0 Å². The highest BCUT2D eigenvalue weighted by Gasteiger charge is 2.35. The van der Waals surface area contributed by atoms with Crippen LogP contribution in [0.15, 0.2) is 24.3 Å². The fraction of sp³-hybridized carbons (Fsp3) is 0.739. The number of rotatable bonds is 4. The number of aryl methyl sites for hydroxylation is 1. The van der Waals surface area contributed by atoms with E-state index in [9.17, 15) is 0 Å². The first-order valence-electron chi connectivity index (χ1n) is 10.2. The molecular formula is C23H36. The SMILES string of the molecule is CCCC1CC(C)CCC1C1CCC(c2ccc(C)cc2)CC1. The van der Waals surface area contributed by atoms with Crippen molar-refractivity contribution in [3.8, 4) is 0 Å². The van der Waals surface area contributed by atoms with Crippen LogP contribution in [0.2, 0.25) is 0 Å². The van der Waals surface area contributed by atoms with Crippen LogP contribution in [0, 0.1) is 30.6 Å². The molecule has 0 aromatic heterocycles. The van der Waals surface area contributed by atoms with Crippen LogP contribution in [-0.2, 0) is 0 Å². The zero-order valence-electron chi connectivity index (χ0n) is 15.6. The number of hydrogen-bond acceptors (Lipinski definition) is 0. The molecule has 0 spiro atoms. The van der Waals surface area contributed by atoms with E-state index in [1.165, 1.54) is 63.4 Å². The molecular weight excluding hydrogens is 276 g/mol. The van der Waals surface area contributed by atoms with Gasteiger partial charge in [0.2, 0.25) is 0 Å². The second-order valence-corrected chi connectivity index (χ2v) is 8.65. The van der Waals surface area contributed by atoms with Crippen molar-refractivity contribution in [3.63, 3.8) is 0 Å². The predicted octanol–water partition coefficient (Wildman–Crippen LogP) is 7.12. The second kappa shape index (κ2) is 7.86. The predicted molar refractivity (Wildman–Crippen MR) is 101 cm³/mol. The van der Waals surface area contributed by atoms with E-state index in [0.29, 0.717) is 0 Å². The van der Waals surface area contributed by atoms with Gasteiger partial charge in [0.05, 0.1) is 0 Å². The van der Waals surface area contributed by atoms with Gasteiger partial charge < -0.3 is 0 Å². The van der Waals surface area contributed by atoms with Crippen molar-refractivity contribution in [1.29, 1.82) is 0 Å². The summed E-state index contributed by atoms with van der Waals surface area (Å²) in [4.78, 5) is 0. The molecule has 1 aromatic rings. The molecule has 0 amide bonds. The average molecular weight is 313 g/mol. The van der Waals surface area contributed by atoms with Gasteiger partial charge in [-0.2, -0.15) is 0 Å². The molecule has 0 heteroatoms. The lowest BCUT2D eigenvalue weighted by atomic mass is 9.63. The van der Waals surface area contributed by atoms with E-state index in [1.807, 2.05) is 0 Å². The van der Waals surface area contributed by atoms with Gasteiger partial charge in [-0.25, -0.2) is 0 Å². The van der Waals surface area contributed by atoms with Crippen LogP contribution in [0.1, 0.15) is 88.7 Å². The zero-order valence-corrected chi connectivity index (χ0v) is 15.6. The van der Waals surface area contributed by atoms with Gasteiger partial charge in [0, 0.05) is 0 Å². The molecule has 0 nitrogen and oxygen atoms in total. The van der Waals surface area contributed by atoms with Gasteiger partial charge in [-0.3, -0.25) is 0 Å². The Hall–Kier alpha value is -0.780. The van der Waals surface area contributed by atoms with Crippen molar-refractivity contribution in [3.05, 3.63) is 35.4 Å². The molecule has 0 bridgehead atoms. The highest BCUT2D eigenvalue weighted by atomic mass is 14.4. The molecule has 2 aliphatic rings. The minimum Gasteiger partial charge on any atom is -0.0654 e. The molecule has 3 unspecified atom stereocenters. The first kappa shape index (κ1) is 17.1. The quantitative estimate of drug-likeness (QED) is 0.555. The van der Waals surface area contributed by atoms with E-state index in [1.54, 1.807) is 5.56 Å². The third-order valence-corrected chi connectivity index (χ3v) is 6.89. The molecule has 3 rings (SSSR count). The lowest BCUT2D eigenvalue weighted by Crippen LogP contribution is -2.32. The smallest absolute Gasteiger partial charge is 0.0162 e. The zero-order chi connectivity index (χ0) is 16.2. The summed E-state index contributed by atoms with van der Waals surface area (Å²) in [6, 6.07) is 9.34. The Labute approximate surface area is 144 Å². The summed E-state index contributed by atoms with van der Waals surface area (Å²) in [5, 5.41) is 0. The van der Waals surface area contributed by atoms with Gasteiger partial charge in [-0.05, 0) is 80.6 Å². The molecule has 0 N–H and O–H groups in total. The number of hydrogen-bond donors (Lipinski definition) is 0. The maximum Gasteiger partial charge on any atom is -0.0162 e. The summed E-state index contributed by atoms with van der Waals surface area (Å²) >= 11 is 0. The van der Waals surface area contributed by atoms with Crippen LogP contribution < -0.4 is 0 Å². The Bertz CT molecular complexity index is 463. The Morgan fingerprint density at radius 2 is 1.61 bits per heavy atom. The van der Waals surface area contributed by atoms with Crippen LogP contribution >= 0.6 is 0 Å². The van der Waals surface area contributed by atoms with E-state index in [0.717, 1.165) is 29.6 Å². The minimum absolute atomic E-state index is 0.832. The van der Waals surface area contributed by atoms with E-state index in [-0.39, 0.29) is 0 Å². The Balaban J connectivity index is 1.58. The fourth-order valence-electron chi connectivity index (χ4n) is 5.56. The molecule has 0 heterocycles. The van der Waals surface area contributed by atoms with Crippen LogP contribution in [0.3, 0.4) is 0 Å². The molecule has 3 atom stereocenters. The van der Waals surface area contributed by atoms with E-state index in [4.69, 9.17) is 0 Å². The van der Waals surface area contributed by atoms with Gasteiger partial charge in [0.25, 0.3) is 0 Å². The average Bonchev–Trinajstić information content (AvgIpc) is 2.56. The summed E-state index contributed by atoms with van der Waals surface area (Å²) in [5.41, 5.74) is 2.98. The summed E-state index contributed by atoms with van der Waals surface area (Å²) in [6.45, 7) is 7.05. The molecule has 2 aliphatic carbocycles. The molecule has 128 valence electrons. The third kappa shape index (κ3) is 4.20. The van der Waals surface area contributed by atoms with Gasteiger partial charge in [0.1, 0.15) is 0 Å². The van der Waals surface area contributed by atoms with Crippen molar-refractivity contribution in [2.45, 2.75) is 84.5 Å². The lowest BCUT2D eigenvalue weighted by Gasteiger charge is -2.42. The maximum atomic E-state index is 2.48. The van der Waals surface area contributed by atoms with Gasteiger partial charge >= 0.3 is 0 Å². The van der Waals surface area contributed by atoms with E-state index in [2.05, 4.69) is 45.0 Å². The number of benzene rings is 1. The molecule has 0 aliphatic heterocycles. The normalized spacial score (nSPS) is 35.2. The first-order chi connectivity index (χ1) is 11.2. The Morgan fingerprint density at radius 3 is 2.26 bits per heavy atom. The Morgan fingerprint density at radius 1 is 0.913 bits per heavy atom. The van der Waals surface area contributed by atoms with Crippen molar-refractivity contribution >= 4 is 0 Å². The van der Waals surface area contributed by atoms with Crippen LogP contribution in [0.25, 0.3) is 0 Å². The molecule has 2 saturated carbocycles. The fourth-order valence-corrected chi connectivity index (χ4v) is 5.56. The molecule has 0 saturated heterocycles. The molecule has 23 heavy (non-hydrogen) atoms. The van der Waals surface area contributed by atoms with Crippen LogP contribution in [0.4, 0.5) is 0 Å². The van der Waals surface area contributed by atoms with Crippen molar-refractivity contribution in [2.24, 2.45) is 23.7 Å². The minimum atomic E-state index is 0.832. The maximum absolute atomic E-state index is 2.48. The highest BCUT2D eigenvalue weighted by molar-refractivity contribution is 5.24. The lowest BCUT2D eigenvalue weighted by molar-refractivity contribution is 0.0936. The highest BCUT2D eigenvalue weighted by Crippen LogP contribution is 2.47. The Kier molecular flexibility index (Phi) is 5.83. The standard InChI is InChI=1S/C23H36/c1-4-5-22-16-18(3)8-15-23(22)21-13-11-20(12-14-21)19-9-6-17(2)7-10-19/h6-7,9-10,18,20-23H,4-5,8,11-16H2,1-3H3. The summed E-state index contributed by atoms with van der Waals surface area (Å²) in [5.74, 6) is 4.92. The van der Waals surface area contributed by atoms with Crippen molar-refractivity contribution in [2.75, 3.05) is 0 Å². The molecule has 2 fully saturated rings. The van der Waals surface area contributed by atoms with Gasteiger partial charge in [-0.15, -0.1) is 0 Å². The first-order valence-corrected chi connectivity index (χ1v) is 10.2. The summed E-state index contributed by atoms with van der Waals surface area (Å²) in [6.07, 6.45) is 13.2. The monoisotopic (exact) mass is 312 g/mol. The van der Waals surface area contributed by atoms with Gasteiger partial charge in [0.15, 0.2) is 0 Å². The second-order valence-electron chi connectivity index (χ2n) is 8.65. The van der Waals surface area contributed by atoms with Crippen molar-refractivity contribution < 1.29 is 0 Å².